The van der Waals surface area contributed by atoms with E-state index in [2.05, 4.69) is 91.8 Å². The predicted molar refractivity (Wildman–Crippen MR) is 130 cm³/mol. The molecule has 156 valence electrons. The second-order valence-electron chi connectivity index (χ2n) is 8.02. The van der Waals surface area contributed by atoms with Crippen molar-refractivity contribution in [2.75, 3.05) is 12.4 Å². The molecule has 0 aromatic heterocycles. The van der Waals surface area contributed by atoms with Crippen molar-refractivity contribution in [2.24, 2.45) is 10.2 Å². The first-order valence-corrected chi connectivity index (χ1v) is 10.4. The molecule has 0 radical (unpaired) electrons. The van der Waals surface area contributed by atoms with Crippen LogP contribution in [0.5, 0.6) is 5.75 Å². The number of azo groups is 1. The van der Waals surface area contributed by atoms with Crippen molar-refractivity contribution >= 4 is 33.5 Å². The molecule has 0 bridgehead atoms. The lowest BCUT2D eigenvalue weighted by Gasteiger charge is -2.13. The summed E-state index contributed by atoms with van der Waals surface area (Å²) >= 11 is 0. The molecule has 4 nitrogen and oxygen atoms in total. The Morgan fingerprint density at radius 3 is 2.16 bits per heavy atom. The van der Waals surface area contributed by atoms with Gasteiger partial charge in [-0.15, -0.1) is 0 Å². The molecule has 0 heterocycles. The third-order valence-electron chi connectivity index (χ3n) is 5.37. The van der Waals surface area contributed by atoms with Crippen LogP contribution in [-0.2, 0) is 0 Å². The highest BCUT2D eigenvalue weighted by Crippen LogP contribution is 2.34. The molecule has 0 aliphatic heterocycles. The first kappa shape index (κ1) is 20.6. The largest absolute Gasteiger partial charge is 0.494 e. The van der Waals surface area contributed by atoms with Crippen molar-refractivity contribution in [1.29, 1.82) is 0 Å². The Morgan fingerprint density at radius 2 is 1.42 bits per heavy atom. The number of nitrogens with zero attached hydrogens (tertiary/aromatic N) is 2. The Bertz CT molecular complexity index is 1270. The summed E-state index contributed by atoms with van der Waals surface area (Å²) in [7, 11) is 1.67. The maximum absolute atomic E-state index is 5.60. The monoisotopic (exact) mass is 409 g/mol. The van der Waals surface area contributed by atoms with Crippen LogP contribution in [0.3, 0.4) is 0 Å². The topological polar surface area (TPSA) is 46.0 Å². The molecule has 0 unspecified atom stereocenters. The summed E-state index contributed by atoms with van der Waals surface area (Å²) in [5, 5.41) is 14.9. The molecule has 4 aromatic carbocycles. The van der Waals surface area contributed by atoms with E-state index < -0.39 is 0 Å². The lowest BCUT2D eigenvalue weighted by atomic mass is 10.0. The minimum absolute atomic E-state index is 0.723. The number of benzene rings is 4. The first-order valence-electron chi connectivity index (χ1n) is 10.4. The Morgan fingerprint density at radius 1 is 0.677 bits per heavy atom. The normalized spacial score (nSPS) is 11.3. The summed E-state index contributed by atoms with van der Waals surface area (Å²) in [6.45, 7) is 8.41. The number of ether oxygens (including phenoxy) is 1. The van der Waals surface area contributed by atoms with Gasteiger partial charge in [-0.05, 0) is 97.1 Å². The molecule has 0 saturated heterocycles. The second kappa shape index (κ2) is 8.60. The fourth-order valence-corrected chi connectivity index (χ4v) is 3.93. The van der Waals surface area contributed by atoms with Gasteiger partial charge in [0.05, 0.1) is 24.2 Å². The van der Waals surface area contributed by atoms with E-state index in [1.165, 1.54) is 33.0 Å². The van der Waals surface area contributed by atoms with Gasteiger partial charge in [0.25, 0.3) is 0 Å². The summed E-state index contributed by atoms with van der Waals surface area (Å²) in [5.74, 6) is 0.723. The number of methoxy groups -OCH3 is 1. The van der Waals surface area contributed by atoms with Gasteiger partial charge < -0.3 is 10.1 Å². The minimum Gasteiger partial charge on any atom is -0.494 e. The molecular formula is C27H27N3O. The molecule has 0 aliphatic carbocycles. The lowest BCUT2D eigenvalue weighted by Crippen LogP contribution is -1.95. The van der Waals surface area contributed by atoms with Gasteiger partial charge in [-0.1, -0.05) is 24.3 Å². The number of hydrogen-bond donors (Lipinski definition) is 1. The molecular weight excluding hydrogens is 382 g/mol. The highest BCUT2D eigenvalue weighted by molar-refractivity contribution is 5.90. The van der Waals surface area contributed by atoms with Crippen LogP contribution < -0.4 is 10.1 Å². The second-order valence-corrected chi connectivity index (χ2v) is 8.02. The van der Waals surface area contributed by atoms with Crippen LogP contribution in [0.15, 0.2) is 77.0 Å². The summed E-state index contributed by atoms with van der Waals surface area (Å²) < 4.78 is 5.60. The van der Waals surface area contributed by atoms with Gasteiger partial charge in [0.2, 0.25) is 0 Å². The van der Waals surface area contributed by atoms with Crippen LogP contribution in [0, 0.1) is 27.7 Å². The SMILES string of the molecule is COc1cc(N=Nc2cc(C)c3cccc(C)c3c2)ccc1Nc1cc(C)cc(C)c1. The number of nitrogens with one attached hydrogen (secondary N) is 1. The van der Waals surface area contributed by atoms with E-state index in [1.807, 2.05) is 18.2 Å². The molecule has 0 atom stereocenters. The highest BCUT2D eigenvalue weighted by atomic mass is 16.5. The van der Waals surface area contributed by atoms with Crippen molar-refractivity contribution in [1.82, 2.24) is 0 Å². The highest BCUT2D eigenvalue weighted by Gasteiger charge is 2.07. The predicted octanol–water partition coefficient (Wildman–Crippen LogP) is 8.24. The average Bonchev–Trinajstić information content (AvgIpc) is 2.73. The van der Waals surface area contributed by atoms with Gasteiger partial charge in [0, 0.05) is 11.8 Å². The van der Waals surface area contributed by atoms with Crippen LogP contribution in [0.4, 0.5) is 22.7 Å². The maximum atomic E-state index is 5.60. The van der Waals surface area contributed by atoms with Crippen molar-refractivity contribution in [3.63, 3.8) is 0 Å². The molecule has 1 N–H and O–H groups in total. The Hall–Kier alpha value is -3.66. The fraction of sp³-hybridized carbons (Fsp3) is 0.185. The van der Waals surface area contributed by atoms with Gasteiger partial charge in [0.1, 0.15) is 5.75 Å². The quantitative estimate of drug-likeness (QED) is 0.337. The number of aryl methyl sites for hydroxylation is 4. The number of anilines is 2. The third kappa shape index (κ3) is 4.58. The van der Waals surface area contributed by atoms with E-state index in [0.717, 1.165) is 28.5 Å². The molecule has 0 spiro atoms. The Labute approximate surface area is 183 Å². The molecule has 0 saturated carbocycles. The smallest absolute Gasteiger partial charge is 0.144 e. The molecule has 31 heavy (non-hydrogen) atoms. The Kier molecular flexibility index (Phi) is 5.72. The number of hydrogen-bond acceptors (Lipinski definition) is 4. The van der Waals surface area contributed by atoms with Crippen LogP contribution >= 0.6 is 0 Å². The number of rotatable bonds is 5. The molecule has 0 amide bonds. The van der Waals surface area contributed by atoms with Crippen molar-refractivity contribution < 1.29 is 4.74 Å². The minimum atomic E-state index is 0.723. The molecule has 4 heteroatoms. The molecule has 0 fully saturated rings. The van der Waals surface area contributed by atoms with Gasteiger partial charge in [-0.25, -0.2) is 0 Å². The van der Waals surface area contributed by atoms with Crippen LogP contribution in [-0.4, -0.2) is 7.11 Å². The van der Waals surface area contributed by atoms with Gasteiger partial charge in [-0.3, -0.25) is 0 Å². The van der Waals surface area contributed by atoms with E-state index in [0.29, 0.717) is 0 Å². The Balaban J connectivity index is 1.61. The van der Waals surface area contributed by atoms with E-state index >= 15 is 0 Å². The zero-order chi connectivity index (χ0) is 22.0. The standard InChI is InChI=1S/C27H27N3O/c1-17-11-18(2)13-22(12-17)28-26-10-9-21(16-27(26)31-5)29-30-23-14-20(4)24-8-6-7-19(3)25(24)15-23/h6-16,28H,1-5H3. The average molecular weight is 410 g/mol. The van der Waals surface area contributed by atoms with Crippen molar-refractivity contribution in [3.05, 3.63) is 89.0 Å². The van der Waals surface area contributed by atoms with Crippen molar-refractivity contribution in [3.8, 4) is 5.75 Å². The zero-order valence-corrected chi connectivity index (χ0v) is 18.7. The number of fused-ring (bicyclic) bond motifs is 1. The van der Waals surface area contributed by atoms with Crippen molar-refractivity contribution in [2.45, 2.75) is 27.7 Å². The van der Waals surface area contributed by atoms with E-state index in [-0.39, 0.29) is 0 Å². The van der Waals surface area contributed by atoms with Crippen LogP contribution in [0.1, 0.15) is 22.3 Å². The first-order chi connectivity index (χ1) is 14.9. The summed E-state index contributed by atoms with van der Waals surface area (Å²) in [6.07, 6.45) is 0. The molecule has 0 aliphatic rings. The fourth-order valence-electron chi connectivity index (χ4n) is 3.93. The van der Waals surface area contributed by atoms with Gasteiger partial charge >= 0.3 is 0 Å². The maximum Gasteiger partial charge on any atom is 0.144 e. The lowest BCUT2D eigenvalue weighted by molar-refractivity contribution is 0.417. The zero-order valence-electron chi connectivity index (χ0n) is 18.7. The van der Waals surface area contributed by atoms with E-state index in [9.17, 15) is 0 Å². The van der Waals surface area contributed by atoms with E-state index in [4.69, 9.17) is 4.74 Å². The van der Waals surface area contributed by atoms with E-state index in [1.54, 1.807) is 7.11 Å². The van der Waals surface area contributed by atoms with Gasteiger partial charge in [-0.2, -0.15) is 10.2 Å². The molecule has 4 rings (SSSR count). The molecule has 4 aromatic rings. The summed E-state index contributed by atoms with van der Waals surface area (Å²) in [6, 6.07) is 22.7. The summed E-state index contributed by atoms with van der Waals surface area (Å²) in [5.41, 5.74) is 8.37. The van der Waals surface area contributed by atoms with Crippen LogP contribution in [0.2, 0.25) is 0 Å². The van der Waals surface area contributed by atoms with Gasteiger partial charge in [0.15, 0.2) is 0 Å². The van der Waals surface area contributed by atoms with Crippen LogP contribution in [0.25, 0.3) is 10.8 Å². The third-order valence-corrected chi connectivity index (χ3v) is 5.37. The summed E-state index contributed by atoms with van der Waals surface area (Å²) in [4.78, 5) is 0.